The fourth-order valence-electron chi connectivity index (χ4n) is 3.06. The number of likely N-dealkylation sites (tertiary alicyclic amines) is 1. The van der Waals surface area contributed by atoms with Crippen molar-refractivity contribution in [1.29, 1.82) is 0 Å². The van der Waals surface area contributed by atoms with Crippen molar-refractivity contribution in [3.8, 4) is 0 Å². The van der Waals surface area contributed by atoms with Gasteiger partial charge in [-0.25, -0.2) is 0 Å². The first kappa shape index (κ1) is 10.8. The molecule has 3 atom stereocenters. The Hall–Kier alpha value is -1.36. The van der Waals surface area contributed by atoms with Crippen LogP contribution in [0.3, 0.4) is 0 Å². The Balaban J connectivity index is 1.82. The van der Waals surface area contributed by atoms with Gasteiger partial charge in [-0.1, -0.05) is 5.16 Å². The van der Waals surface area contributed by atoms with E-state index in [4.69, 9.17) is 4.52 Å². The molecule has 0 aliphatic carbocycles. The Morgan fingerprint density at radius 2 is 2.41 bits per heavy atom. The maximum Gasteiger partial charge on any atom is 0.293 e. The van der Waals surface area contributed by atoms with Gasteiger partial charge in [0, 0.05) is 31.2 Å². The Kier molecular flexibility index (Phi) is 2.43. The third-order valence-electron chi connectivity index (χ3n) is 4.14. The Labute approximate surface area is 100 Å². The van der Waals surface area contributed by atoms with Crippen LogP contribution in [0.4, 0.5) is 0 Å². The van der Waals surface area contributed by atoms with Crippen LogP contribution in [-0.2, 0) is 0 Å². The van der Waals surface area contributed by atoms with Crippen molar-refractivity contribution in [2.24, 2.45) is 11.8 Å². The molecule has 17 heavy (non-hydrogen) atoms. The zero-order valence-corrected chi connectivity index (χ0v) is 10.1. The molecule has 5 heteroatoms. The molecule has 0 bridgehead atoms. The van der Waals surface area contributed by atoms with E-state index >= 15 is 0 Å². The molecule has 3 rings (SSSR count). The van der Waals surface area contributed by atoms with Gasteiger partial charge in [0.15, 0.2) is 0 Å². The van der Waals surface area contributed by atoms with Crippen LogP contribution in [0.5, 0.6) is 0 Å². The number of carbonyl (C=O) groups excluding carboxylic acids is 1. The first-order valence-electron chi connectivity index (χ1n) is 6.11. The molecule has 2 fully saturated rings. The normalized spacial score (nSPS) is 31.9. The van der Waals surface area contributed by atoms with Gasteiger partial charge in [0.05, 0.1) is 6.20 Å². The van der Waals surface area contributed by atoms with Gasteiger partial charge in [0.25, 0.3) is 5.91 Å². The number of carbonyl (C=O) groups is 1. The van der Waals surface area contributed by atoms with Crippen molar-refractivity contribution in [1.82, 2.24) is 15.4 Å². The highest BCUT2D eigenvalue weighted by atomic mass is 16.5. The molecular formula is C12H17N3O2. The molecule has 0 aromatic carbocycles. The number of aryl methyl sites for hydroxylation is 1. The minimum Gasteiger partial charge on any atom is -0.351 e. The van der Waals surface area contributed by atoms with Crippen molar-refractivity contribution in [2.75, 3.05) is 19.6 Å². The number of aromatic nitrogens is 1. The Bertz CT molecular complexity index is 443. The highest BCUT2D eigenvalue weighted by molar-refractivity contribution is 5.93. The van der Waals surface area contributed by atoms with Crippen molar-refractivity contribution in [3.63, 3.8) is 0 Å². The van der Waals surface area contributed by atoms with Crippen molar-refractivity contribution in [2.45, 2.75) is 19.9 Å². The standard InChI is InChI=1S/C12H17N3O2/c1-7-3-14-17-11(7)12(16)15-6-9-4-13-5-10(9)8(15)2/h3,8-10,13H,4-6H2,1-2H3. The summed E-state index contributed by atoms with van der Waals surface area (Å²) in [6, 6.07) is 0.284. The second-order valence-electron chi connectivity index (χ2n) is 5.12. The highest BCUT2D eigenvalue weighted by Gasteiger charge is 2.44. The second kappa shape index (κ2) is 3.84. The van der Waals surface area contributed by atoms with Crippen molar-refractivity contribution in [3.05, 3.63) is 17.5 Å². The molecule has 3 unspecified atom stereocenters. The SMILES string of the molecule is Cc1cnoc1C(=O)N1CC2CNCC2C1C. The molecule has 2 saturated heterocycles. The van der Waals surface area contributed by atoms with Gasteiger partial charge < -0.3 is 14.7 Å². The minimum absolute atomic E-state index is 0.0121. The lowest BCUT2D eigenvalue weighted by atomic mass is 9.95. The topological polar surface area (TPSA) is 58.4 Å². The average Bonchev–Trinajstić information content (AvgIpc) is 2.96. The van der Waals surface area contributed by atoms with Crippen LogP contribution in [0.25, 0.3) is 0 Å². The smallest absolute Gasteiger partial charge is 0.293 e. The maximum absolute atomic E-state index is 12.3. The third kappa shape index (κ3) is 1.57. The van der Waals surface area contributed by atoms with E-state index in [1.54, 1.807) is 6.20 Å². The molecule has 1 amide bonds. The fraction of sp³-hybridized carbons (Fsp3) is 0.667. The maximum atomic E-state index is 12.3. The number of rotatable bonds is 1. The molecule has 92 valence electrons. The summed E-state index contributed by atoms with van der Waals surface area (Å²) >= 11 is 0. The summed E-state index contributed by atoms with van der Waals surface area (Å²) in [4.78, 5) is 14.3. The molecule has 0 spiro atoms. The number of fused-ring (bicyclic) bond motifs is 1. The predicted octanol–water partition coefficient (Wildman–Crippen LogP) is 0.663. The summed E-state index contributed by atoms with van der Waals surface area (Å²) in [5.74, 6) is 1.56. The van der Waals surface area contributed by atoms with Crippen molar-refractivity contribution >= 4 is 5.91 Å². The molecule has 2 aliphatic heterocycles. The van der Waals surface area contributed by atoms with E-state index in [9.17, 15) is 4.79 Å². The summed E-state index contributed by atoms with van der Waals surface area (Å²) in [7, 11) is 0. The van der Waals surface area contributed by atoms with Gasteiger partial charge in [0.2, 0.25) is 5.76 Å². The molecule has 0 radical (unpaired) electrons. The highest BCUT2D eigenvalue weighted by Crippen LogP contribution is 2.33. The van der Waals surface area contributed by atoms with Crippen LogP contribution in [0, 0.1) is 18.8 Å². The van der Waals surface area contributed by atoms with E-state index in [1.807, 2.05) is 11.8 Å². The number of hydrogen-bond acceptors (Lipinski definition) is 4. The second-order valence-corrected chi connectivity index (χ2v) is 5.12. The van der Waals surface area contributed by atoms with Crippen molar-refractivity contribution < 1.29 is 9.32 Å². The van der Waals surface area contributed by atoms with Crippen LogP contribution in [0.1, 0.15) is 23.0 Å². The van der Waals surface area contributed by atoms with Crippen LogP contribution in [0.15, 0.2) is 10.7 Å². The average molecular weight is 235 g/mol. The molecule has 0 saturated carbocycles. The molecule has 1 N–H and O–H groups in total. The van der Waals surface area contributed by atoms with E-state index < -0.39 is 0 Å². The lowest BCUT2D eigenvalue weighted by Crippen LogP contribution is -2.38. The number of amides is 1. The molecule has 1 aromatic rings. The largest absolute Gasteiger partial charge is 0.351 e. The number of nitrogens with zero attached hydrogens (tertiary/aromatic N) is 2. The number of nitrogens with one attached hydrogen (secondary N) is 1. The van der Waals surface area contributed by atoms with Crippen LogP contribution in [0.2, 0.25) is 0 Å². The van der Waals surface area contributed by atoms with E-state index in [0.29, 0.717) is 17.6 Å². The third-order valence-corrected chi connectivity index (χ3v) is 4.14. The molecule has 5 nitrogen and oxygen atoms in total. The summed E-state index contributed by atoms with van der Waals surface area (Å²) in [5, 5.41) is 7.06. The van der Waals surface area contributed by atoms with Gasteiger partial charge in [-0.2, -0.15) is 0 Å². The quantitative estimate of drug-likeness (QED) is 0.777. The van der Waals surface area contributed by atoms with Gasteiger partial charge in [-0.15, -0.1) is 0 Å². The van der Waals surface area contributed by atoms with E-state index in [-0.39, 0.29) is 11.9 Å². The molecule has 2 aliphatic rings. The first-order chi connectivity index (χ1) is 8.18. The summed E-state index contributed by atoms with van der Waals surface area (Å²) < 4.78 is 5.05. The zero-order valence-electron chi connectivity index (χ0n) is 10.1. The molecule has 1 aromatic heterocycles. The van der Waals surface area contributed by atoms with Crippen LogP contribution < -0.4 is 5.32 Å². The Morgan fingerprint density at radius 1 is 1.59 bits per heavy atom. The minimum atomic E-state index is -0.0121. The van der Waals surface area contributed by atoms with Gasteiger partial charge in [-0.05, 0) is 25.7 Å². The fourth-order valence-corrected chi connectivity index (χ4v) is 3.06. The lowest BCUT2D eigenvalue weighted by molar-refractivity contribution is 0.0685. The first-order valence-corrected chi connectivity index (χ1v) is 6.11. The zero-order chi connectivity index (χ0) is 12.0. The van der Waals surface area contributed by atoms with Gasteiger partial charge >= 0.3 is 0 Å². The molecule has 3 heterocycles. The Morgan fingerprint density at radius 3 is 3.06 bits per heavy atom. The molecular weight excluding hydrogens is 218 g/mol. The van der Waals surface area contributed by atoms with E-state index in [1.165, 1.54) is 0 Å². The summed E-state index contributed by atoms with van der Waals surface area (Å²) in [6.45, 7) is 6.85. The van der Waals surface area contributed by atoms with Crippen LogP contribution in [-0.4, -0.2) is 41.6 Å². The monoisotopic (exact) mass is 235 g/mol. The van der Waals surface area contributed by atoms with Gasteiger partial charge in [-0.3, -0.25) is 4.79 Å². The van der Waals surface area contributed by atoms with Gasteiger partial charge in [0.1, 0.15) is 0 Å². The predicted molar refractivity (Wildman–Crippen MR) is 61.6 cm³/mol. The summed E-state index contributed by atoms with van der Waals surface area (Å²) in [5.41, 5.74) is 0.817. The summed E-state index contributed by atoms with van der Waals surface area (Å²) in [6.07, 6.45) is 1.59. The van der Waals surface area contributed by atoms with E-state index in [2.05, 4.69) is 17.4 Å². The van der Waals surface area contributed by atoms with Crippen LogP contribution >= 0.6 is 0 Å². The number of hydrogen-bond donors (Lipinski definition) is 1. The van der Waals surface area contributed by atoms with E-state index in [0.717, 1.165) is 25.2 Å². The lowest BCUT2D eigenvalue weighted by Gasteiger charge is -2.23.